The molecular formula is C44H58FN4O8PS. The second kappa shape index (κ2) is 20.6. The van der Waals surface area contributed by atoms with Gasteiger partial charge < -0.3 is 33.7 Å². The fraction of sp³-hybridized carbons (Fsp3) is 0.477. The molecule has 1 aliphatic rings. The summed E-state index contributed by atoms with van der Waals surface area (Å²) in [6, 6.07) is 26.2. The van der Waals surface area contributed by atoms with E-state index in [2.05, 4.69) is 9.65 Å². The summed E-state index contributed by atoms with van der Waals surface area (Å²) in [6.07, 6.45) is -3.54. The van der Waals surface area contributed by atoms with Crippen LogP contribution in [-0.2, 0) is 28.9 Å². The smallest absolute Gasteiger partial charge is 0.351 e. The molecule has 0 spiro atoms. The molecule has 1 saturated heterocycles. The van der Waals surface area contributed by atoms with Gasteiger partial charge in [-0.05, 0) is 81.1 Å². The van der Waals surface area contributed by atoms with Gasteiger partial charge in [-0.15, -0.1) is 0 Å². The van der Waals surface area contributed by atoms with E-state index in [4.69, 9.17) is 33.7 Å². The van der Waals surface area contributed by atoms with Crippen LogP contribution in [0.3, 0.4) is 0 Å². The maximum Gasteiger partial charge on any atom is 0.351 e. The van der Waals surface area contributed by atoms with E-state index in [0.717, 1.165) is 21.3 Å². The van der Waals surface area contributed by atoms with Crippen LogP contribution in [0.5, 0.6) is 11.5 Å². The van der Waals surface area contributed by atoms with Crippen molar-refractivity contribution in [2.45, 2.75) is 97.2 Å². The molecule has 0 radical (unpaired) electrons. The molecule has 1 aliphatic heterocycles. The standard InChI is InChI=1S/C44H58FN4O8PS/c1-10-43(6,7)41(50)59-27-26-55-58(49(29(2)3)30(4)5)57-39-36(56-40(38(39)45)48-25-24-37(46)47-42(48)51)28-54-44(31-14-12-11-13-15-31,32-16-20-34(52-8)21-17-32)33-18-22-35(53-9)23-19-33/h11-25,29-30,36,38-40H,10,26-28H2,1-9H3,(H2,46,47,51). The molecule has 320 valence electrons. The van der Waals surface area contributed by atoms with E-state index >= 15 is 4.39 Å². The number of anilines is 1. The zero-order chi connectivity index (χ0) is 42.9. The number of hydrogen-bond donors (Lipinski definition) is 1. The number of rotatable bonds is 20. The summed E-state index contributed by atoms with van der Waals surface area (Å²) in [5.74, 6) is 1.71. The molecule has 1 aromatic heterocycles. The quantitative estimate of drug-likeness (QED) is 0.0519. The number of nitrogens with zero attached hydrogens (tertiary/aromatic N) is 3. The molecule has 12 nitrogen and oxygen atoms in total. The molecule has 0 saturated carbocycles. The normalized spacial score (nSPS) is 19.1. The minimum atomic E-state index is -1.93. The molecule has 1 fully saturated rings. The zero-order valence-electron chi connectivity index (χ0n) is 35.4. The van der Waals surface area contributed by atoms with Gasteiger partial charge in [0.25, 0.3) is 8.53 Å². The summed E-state index contributed by atoms with van der Waals surface area (Å²) >= 11 is 1.21. The van der Waals surface area contributed by atoms with Crippen molar-refractivity contribution < 1.29 is 37.2 Å². The van der Waals surface area contributed by atoms with E-state index < -0.39 is 49.8 Å². The molecular weight excluding hydrogens is 795 g/mol. The summed E-state index contributed by atoms with van der Waals surface area (Å²) in [6.45, 7) is 13.9. The highest BCUT2D eigenvalue weighted by molar-refractivity contribution is 8.13. The number of halogens is 1. The molecule has 3 aromatic carbocycles. The number of nitrogen functional groups attached to an aromatic ring is 1. The minimum Gasteiger partial charge on any atom is -0.497 e. The first-order valence-corrected chi connectivity index (χ1v) is 22.0. The van der Waals surface area contributed by atoms with Crippen molar-refractivity contribution in [1.29, 1.82) is 0 Å². The number of thioether (sulfide) groups is 1. The Labute approximate surface area is 352 Å². The molecule has 5 unspecified atom stereocenters. The molecule has 2 heterocycles. The summed E-state index contributed by atoms with van der Waals surface area (Å²) in [5.41, 5.74) is 5.66. The molecule has 0 bridgehead atoms. The van der Waals surface area contributed by atoms with Gasteiger partial charge >= 0.3 is 5.69 Å². The van der Waals surface area contributed by atoms with Gasteiger partial charge in [-0.25, -0.2) is 13.9 Å². The Balaban J connectivity index is 1.57. The fourth-order valence-corrected chi connectivity index (χ4v) is 9.67. The third-order valence-electron chi connectivity index (χ3n) is 10.4. The van der Waals surface area contributed by atoms with Crippen molar-refractivity contribution >= 4 is 31.2 Å². The number of benzene rings is 3. The first-order chi connectivity index (χ1) is 28.2. The van der Waals surface area contributed by atoms with Gasteiger partial charge in [0, 0.05) is 29.4 Å². The molecule has 5 atom stereocenters. The summed E-state index contributed by atoms with van der Waals surface area (Å²) < 4.78 is 58.3. The molecule has 4 aromatic rings. The van der Waals surface area contributed by atoms with Crippen LogP contribution in [-0.4, -0.2) is 83.0 Å². The Morgan fingerprint density at radius 3 is 2.00 bits per heavy atom. The number of hydrogen-bond acceptors (Lipinski definition) is 12. The van der Waals surface area contributed by atoms with Crippen molar-refractivity contribution in [3.63, 3.8) is 0 Å². The van der Waals surface area contributed by atoms with Crippen molar-refractivity contribution in [3.8, 4) is 11.5 Å². The SMILES string of the molecule is CCC(C)(C)C(=O)SCCOP(OC1C(COC(c2ccccc2)(c2ccc(OC)cc2)c2ccc(OC)cc2)OC(n2ccc(N)nc2=O)C1F)N(C(C)C)C(C)C. The summed E-state index contributed by atoms with van der Waals surface area (Å²) in [7, 11) is 1.28. The molecule has 2 N–H and O–H groups in total. The van der Waals surface area contributed by atoms with Crippen LogP contribution in [0.4, 0.5) is 10.2 Å². The van der Waals surface area contributed by atoms with Crippen molar-refractivity contribution in [1.82, 2.24) is 14.2 Å². The lowest BCUT2D eigenvalue weighted by atomic mass is 9.80. The van der Waals surface area contributed by atoms with Gasteiger partial charge in [0.05, 0.1) is 27.4 Å². The highest BCUT2D eigenvalue weighted by Gasteiger charge is 2.51. The van der Waals surface area contributed by atoms with E-state index in [9.17, 15) is 9.59 Å². The zero-order valence-corrected chi connectivity index (χ0v) is 37.1. The summed E-state index contributed by atoms with van der Waals surface area (Å²) in [5, 5.41) is 0.0738. The average molecular weight is 853 g/mol. The molecule has 15 heteroatoms. The topological polar surface area (TPSA) is 137 Å². The van der Waals surface area contributed by atoms with E-state index in [1.165, 1.54) is 24.0 Å². The number of carbonyl (C=O) groups is 1. The highest BCUT2D eigenvalue weighted by Crippen LogP contribution is 2.51. The predicted molar refractivity (Wildman–Crippen MR) is 231 cm³/mol. The Kier molecular flexibility index (Phi) is 16.1. The van der Waals surface area contributed by atoms with Gasteiger partial charge in [-0.2, -0.15) is 4.98 Å². The van der Waals surface area contributed by atoms with Crippen LogP contribution in [0, 0.1) is 5.41 Å². The van der Waals surface area contributed by atoms with E-state index in [1.54, 1.807) is 14.2 Å². The van der Waals surface area contributed by atoms with Gasteiger partial charge in [0.2, 0.25) is 0 Å². The van der Waals surface area contributed by atoms with Crippen LogP contribution in [0.1, 0.15) is 77.8 Å². The maximum absolute atomic E-state index is 17.3. The Morgan fingerprint density at radius 2 is 1.49 bits per heavy atom. The number of nitrogens with two attached hydrogens (primary N) is 1. The van der Waals surface area contributed by atoms with Gasteiger partial charge in [0.15, 0.2) is 17.5 Å². The number of ether oxygens (including phenoxy) is 4. The monoisotopic (exact) mass is 852 g/mol. The number of carbonyl (C=O) groups excluding carboxylic acids is 1. The third-order valence-corrected chi connectivity index (χ3v) is 13.8. The Hall–Kier alpha value is -3.88. The highest BCUT2D eigenvalue weighted by atomic mass is 32.2. The van der Waals surface area contributed by atoms with Crippen molar-refractivity contribution in [3.05, 3.63) is 118 Å². The Bertz CT molecular complexity index is 1950. The van der Waals surface area contributed by atoms with Gasteiger partial charge in [-0.1, -0.05) is 87.1 Å². The molecule has 59 heavy (non-hydrogen) atoms. The first-order valence-electron chi connectivity index (χ1n) is 19.8. The van der Waals surface area contributed by atoms with Crippen molar-refractivity contribution in [2.24, 2.45) is 5.41 Å². The lowest BCUT2D eigenvalue weighted by Crippen LogP contribution is -2.41. The van der Waals surface area contributed by atoms with Crippen LogP contribution in [0.2, 0.25) is 0 Å². The fourth-order valence-electron chi connectivity index (χ4n) is 6.90. The van der Waals surface area contributed by atoms with E-state index in [0.29, 0.717) is 23.7 Å². The number of alkyl halides is 1. The lowest BCUT2D eigenvalue weighted by Gasteiger charge is -2.39. The maximum atomic E-state index is 17.3. The van der Waals surface area contributed by atoms with E-state index in [1.807, 2.05) is 127 Å². The van der Waals surface area contributed by atoms with Crippen LogP contribution in [0.15, 0.2) is 95.9 Å². The van der Waals surface area contributed by atoms with Gasteiger partial charge in [0.1, 0.15) is 35.1 Å². The third kappa shape index (κ3) is 10.7. The average Bonchev–Trinajstić information content (AvgIpc) is 3.53. The van der Waals surface area contributed by atoms with E-state index in [-0.39, 0.29) is 36.2 Å². The van der Waals surface area contributed by atoms with Crippen LogP contribution >= 0.6 is 20.3 Å². The van der Waals surface area contributed by atoms with Crippen LogP contribution < -0.4 is 20.9 Å². The molecule has 5 rings (SSSR count). The molecule has 0 aliphatic carbocycles. The Morgan fingerprint density at radius 1 is 0.932 bits per heavy atom. The first kappa shape index (κ1) is 46.2. The summed E-state index contributed by atoms with van der Waals surface area (Å²) in [4.78, 5) is 29.9. The number of aromatic nitrogens is 2. The van der Waals surface area contributed by atoms with Gasteiger partial charge in [-0.3, -0.25) is 9.36 Å². The van der Waals surface area contributed by atoms with Crippen molar-refractivity contribution in [2.75, 3.05) is 38.9 Å². The molecule has 0 amide bonds. The largest absolute Gasteiger partial charge is 0.497 e. The lowest BCUT2D eigenvalue weighted by molar-refractivity contribution is -0.118. The second-order valence-electron chi connectivity index (χ2n) is 15.4. The second-order valence-corrected chi connectivity index (χ2v) is 17.9. The minimum absolute atomic E-state index is 0.000860. The predicted octanol–water partition coefficient (Wildman–Crippen LogP) is 8.53. The number of methoxy groups -OCH3 is 2. The van der Waals surface area contributed by atoms with Crippen LogP contribution in [0.25, 0.3) is 0 Å².